The molecule has 0 bridgehead atoms. The molecule has 80 valence electrons. The minimum Gasteiger partial charge on any atom is -0.424 e. The van der Waals surface area contributed by atoms with Crippen molar-refractivity contribution in [2.24, 2.45) is 0 Å². The second-order valence-corrected chi connectivity index (χ2v) is 3.72. The van der Waals surface area contributed by atoms with Crippen LogP contribution in [0.25, 0.3) is 0 Å². The van der Waals surface area contributed by atoms with Crippen molar-refractivity contribution in [1.82, 2.24) is 0 Å². The molecule has 0 atom stereocenters. The Kier molecular flexibility index (Phi) is 4.39. The number of ether oxygens (including phenoxy) is 1. The first-order chi connectivity index (χ1) is 7.04. The third-order valence-corrected chi connectivity index (χ3v) is 2.31. The number of alkyl halides is 1. The van der Waals surface area contributed by atoms with Gasteiger partial charge in [-0.05, 0) is 18.2 Å². The third-order valence-electron chi connectivity index (χ3n) is 1.52. The Hall–Kier alpha value is -0.770. The van der Waals surface area contributed by atoms with Gasteiger partial charge >= 0.3 is 0 Å². The highest BCUT2D eigenvalue weighted by Crippen LogP contribution is 2.21. The van der Waals surface area contributed by atoms with Crippen LogP contribution in [0.4, 0.5) is 0 Å². The largest absolute Gasteiger partial charge is 0.424 e. The van der Waals surface area contributed by atoms with Crippen LogP contribution in [0.15, 0.2) is 18.2 Å². The molecule has 0 fully saturated rings. The SMILES string of the molecule is N=C(CCl)OC(=N)c1ccc(Cl)cc1Cl. The van der Waals surface area contributed by atoms with Gasteiger partial charge < -0.3 is 4.74 Å². The van der Waals surface area contributed by atoms with E-state index in [2.05, 4.69) is 0 Å². The predicted octanol–water partition coefficient (Wildman–Crippen LogP) is 3.55. The van der Waals surface area contributed by atoms with E-state index in [9.17, 15) is 0 Å². The highest BCUT2D eigenvalue weighted by molar-refractivity contribution is 6.37. The third kappa shape index (κ3) is 3.38. The summed E-state index contributed by atoms with van der Waals surface area (Å²) in [6.07, 6.45) is 0. The van der Waals surface area contributed by atoms with E-state index in [-0.39, 0.29) is 17.7 Å². The summed E-state index contributed by atoms with van der Waals surface area (Å²) < 4.78 is 4.81. The number of benzene rings is 1. The van der Waals surface area contributed by atoms with Crippen LogP contribution >= 0.6 is 34.8 Å². The van der Waals surface area contributed by atoms with Crippen LogP contribution in [-0.2, 0) is 4.74 Å². The average Bonchev–Trinajstić information content (AvgIpc) is 2.17. The lowest BCUT2D eigenvalue weighted by atomic mass is 10.2. The Bertz CT molecular complexity index is 406. The molecule has 0 radical (unpaired) electrons. The lowest BCUT2D eigenvalue weighted by Gasteiger charge is -2.07. The Labute approximate surface area is 102 Å². The summed E-state index contributed by atoms with van der Waals surface area (Å²) >= 11 is 16.9. The van der Waals surface area contributed by atoms with Crippen molar-refractivity contribution < 1.29 is 4.74 Å². The number of nitrogens with one attached hydrogen (secondary N) is 2. The van der Waals surface area contributed by atoms with E-state index in [1.54, 1.807) is 12.1 Å². The van der Waals surface area contributed by atoms with Gasteiger partial charge in [0.1, 0.15) is 0 Å². The standard InChI is InChI=1S/C9H7Cl3N2O/c10-4-8(13)15-9(14)6-2-1-5(11)3-7(6)12/h1-3,13-14H,4H2. The molecule has 0 aromatic heterocycles. The number of halogens is 3. The maximum absolute atomic E-state index is 7.53. The van der Waals surface area contributed by atoms with Crippen LogP contribution in [0.3, 0.4) is 0 Å². The fourth-order valence-corrected chi connectivity index (χ4v) is 1.43. The second kappa shape index (κ2) is 5.35. The first-order valence-electron chi connectivity index (χ1n) is 3.90. The van der Waals surface area contributed by atoms with E-state index in [1.165, 1.54) is 6.07 Å². The normalized spacial score (nSPS) is 9.80. The summed E-state index contributed by atoms with van der Waals surface area (Å²) in [6.45, 7) is 0. The number of hydrogen-bond acceptors (Lipinski definition) is 3. The molecule has 0 spiro atoms. The molecular weight excluding hydrogens is 258 g/mol. The van der Waals surface area contributed by atoms with Crippen molar-refractivity contribution in [3.05, 3.63) is 33.8 Å². The van der Waals surface area contributed by atoms with Crippen LogP contribution in [0.5, 0.6) is 0 Å². The Morgan fingerprint density at radius 2 is 1.93 bits per heavy atom. The topological polar surface area (TPSA) is 56.9 Å². The molecule has 2 N–H and O–H groups in total. The van der Waals surface area contributed by atoms with Gasteiger partial charge in [0.2, 0.25) is 11.8 Å². The lowest BCUT2D eigenvalue weighted by molar-refractivity contribution is 0.533. The summed E-state index contributed by atoms with van der Waals surface area (Å²) in [7, 11) is 0. The molecule has 0 amide bonds. The molecule has 6 heteroatoms. The molecular formula is C9H7Cl3N2O. The van der Waals surface area contributed by atoms with Gasteiger partial charge in [-0.1, -0.05) is 23.2 Å². The van der Waals surface area contributed by atoms with Crippen molar-refractivity contribution in [2.45, 2.75) is 0 Å². The average molecular weight is 266 g/mol. The molecule has 0 aliphatic rings. The molecule has 0 heterocycles. The van der Waals surface area contributed by atoms with Crippen molar-refractivity contribution in [1.29, 1.82) is 10.8 Å². The molecule has 3 nitrogen and oxygen atoms in total. The molecule has 1 rings (SSSR count). The Balaban J connectivity index is 2.87. The van der Waals surface area contributed by atoms with E-state index in [1.807, 2.05) is 0 Å². The molecule has 0 aliphatic carbocycles. The maximum Gasteiger partial charge on any atom is 0.222 e. The van der Waals surface area contributed by atoms with Crippen LogP contribution < -0.4 is 0 Å². The quantitative estimate of drug-likeness (QED) is 0.479. The van der Waals surface area contributed by atoms with Crippen molar-refractivity contribution in [2.75, 3.05) is 5.88 Å². The molecule has 1 aromatic rings. The molecule has 0 saturated heterocycles. The van der Waals surface area contributed by atoms with Crippen molar-refractivity contribution >= 4 is 46.6 Å². The monoisotopic (exact) mass is 264 g/mol. The molecule has 0 saturated carbocycles. The van der Waals surface area contributed by atoms with Gasteiger partial charge in [0, 0.05) is 5.02 Å². The van der Waals surface area contributed by atoms with Gasteiger partial charge in [-0.25, -0.2) is 0 Å². The fourth-order valence-electron chi connectivity index (χ4n) is 0.879. The van der Waals surface area contributed by atoms with E-state index >= 15 is 0 Å². The summed E-state index contributed by atoms with van der Waals surface area (Å²) in [5.41, 5.74) is 0.371. The maximum atomic E-state index is 7.53. The first-order valence-corrected chi connectivity index (χ1v) is 5.19. The van der Waals surface area contributed by atoms with Gasteiger partial charge in [0.25, 0.3) is 0 Å². The second-order valence-electron chi connectivity index (χ2n) is 2.61. The molecule has 0 aliphatic heterocycles. The fraction of sp³-hybridized carbons (Fsp3) is 0.111. The Morgan fingerprint density at radius 1 is 1.27 bits per heavy atom. The smallest absolute Gasteiger partial charge is 0.222 e. The number of rotatable bonds is 2. The molecule has 1 aromatic carbocycles. The summed E-state index contributed by atoms with van der Waals surface area (Å²) in [5.74, 6) is -0.511. The highest BCUT2D eigenvalue weighted by atomic mass is 35.5. The van der Waals surface area contributed by atoms with Gasteiger partial charge in [-0.15, -0.1) is 11.6 Å². The van der Waals surface area contributed by atoms with E-state index in [0.29, 0.717) is 15.6 Å². The Morgan fingerprint density at radius 3 is 2.47 bits per heavy atom. The zero-order valence-corrected chi connectivity index (χ0v) is 9.75. The van der Waals surface area contributed by atoms with Crippen molar-refractivity contribution in [3.63, 3.8) is 0 Å². The number of hydrogen-bond donors (Lipinski definition) is 2. The van der Waals surface area contributed by atoms with Gasteiger partial charge in [0.05, 0.1) is 16.5 Å². The van der Waals surface area contributed by atoms with Crippen LogP contribution in [0.2, 0.25) is 10.0 Å². The zero-order valence-electron chi connectivity index (χ0n) is 7.48. The minimum absolute atomic E-state index is 0.0897. The van der Waals surface area contributed by atoms with Crippen molar-refractivity contribution in [3.8, 4) is 0 Å². The van der Waals surface area contributed by atoms with Gasteiger partial charge in [-0.2, -0.15) is 0 Å². The summed E-state index contributed by atoms with van der Waals surface area (Å²) in [5, 5.41) is 15.5. The van der Waals surface area contributed by atoms with E-state index in [0.717, 1.165) is 0 Å². The first kappa shape index (κ1) is 12.3. The molecule has 15 heavy (non-hydrogen) atoms. The van der Waals surface area contributed by atoms with E-state index < -0.39 is 0 Å². The van der Waals surface area contributed by atoms with Gasteiger partial charge in [0.15, 0.2) is 0 Å². The van der Waals surface area contributed by atoms with Crippen LogP contribution in [-0.4, -0.2) is 17.7 Å². The van der Waals surface area contributed by atoms with E-state index in [4.69, 9.17) is 50.4 Å². The predicted molar refractivity (Wildman–Crippen MR) is 62.8 cm³/mol. The van der Waals surface area contributed by atoms with Crippen LogP contribution in [0, 0.1) is 10.8 Å². The lowest BCUT2D eigenvalue weighted by Crippen LogP contribution is -2.13. The minimum atomic E-state index is -0.220. The highest BCUT2D eigenvalue weighted by Gasteiger charge is 2.10. The summed E-state index contributed by atoms with van der Waals surface area (Å²) in [6, 6.07) is 4.64. The summed E-state index contributed by atoms with van der Waals surface area (Å²) in [4.78, 5) is 0. The van der Waals surface area contributed by atoms with Crippen LogP contribution in [0.1, 0.15) is 5.56 Å². The zero-order chi connectivity index (χ0) is 11.4. The van der Waals surface area contributed by atoms with Gasteiger partial charge in [-0.3, -0.25) is 10.8 Å². The molecule has 0 unspecified atom stereocenters.